The molecule has 1 aromatic heterocycles. The van der Waals surface area contributed by atoms with E-state index in [2.05, 4.69) is 9.97 Å². The second kappa shape index (κ2) is 8.49. The highest BCUT2D eigenvalue weighted by Crippen LogP contribution is 2.38. The first-order valence-corrected chi connectivity index (χ1v) is 8.51. The van der Waals surface area contributed by atoms with Gasteiger partial charge >= 0.3 is 6.18 Å². The Morgan fingerprint density at radius 1 is 1.15 bits per heavy atom. The van der Waals surface area contributed by atoms with Gasteiger partial charge in [-0.15, -0.1) is 0 Å². The molecule has 2 rings (SSSR count). The van der Waals surface area contributed by atoms with Gasteiger partial charge in [0.05, 0.1) is 11.3 Å². The Labute approximate surface area is 152 Å². The second-order valence-corrected chi connectivity index (χ2v) is 6.47. The van der Waals surface area contributed by atoms with Crippen molar-refractivity contribution in [1.29, 1.82) is 0 Å². The zero-order valence-corrected chi connectivity index (χ0v) is 15.5. The SMILES string of the molecule is CCCC(COc1ccc(-c2cc(C)ncn2)cc1C(F)(F)F)N(C)C. The molecule has 1 atom stereocenters. The molecule has 0 fully saturated rings. The summed E-state index contributed by atoms with van der Waals surface area (Å²) in [5, 5.41) is 0. The molecular weight excluding hydrogens is 343 g/mol. The van der Waals surface area contributed by atoms with Crippen LogP contribution in [0.1, 0.15) is 31.0 Å². The van der Waals surface area contributed by atoms with Crippen molar-refractivity contribution >= 4 is 0 Å². The Bertz CT molecular complexity index is 732. The van der Waals surface area contributed by atoms with E-state index in [1.807, 2.05) is 25.9 Å². The molecule has 0 aliphatic carbocycles. The lowest BCUT2D eigenvalue weighted by molar-refractivity contribution is -0.139. The van der Waals surface area contributed by atoms with Crippen molar-refractivity contribution in [3.05, 3.63) is 41.9 Å². The quantitative estimate of drug-likeness (QED) is 0.718. The van der Waals surface area contributed by atoms with Gasteiger partial charge in [0.2, 0.25) is 0 Å². The molecule has 0 aliphatic rings. The summed E-state index contributed by atoms with van der Waals surface area (Å²) < 4.78 is 46.2. The van der Waals surface area contributed by atoms with Gasteiger partial charge in [-0.3, -0.25) is 0 Å². The van der Waals surface area contributed by atoms with Crippen molar-refractivity contribution < 1.29 is 17.9 Å². The molecule has 0 bridgehead atoms. The number of rotatable bonds is 7. The van der Waals surface area contributed by atoms with Crippen molar-refractivity contribution in [3.8, 4) is 17.0 Å². The van der Waals surface area contributed by atoms with Gasteiger partial charge in [0.1, 0.15) is 18.7 Å². The molecule has 0 saturated carbocycles. The summed E-state index contributed by atoms with van der Waals surface area (Å²) in [6.07, 6.45) is -1.38. The lowest BCUT2D eigenvalue weighted by Crippen LogP contribution is -2.33. The number of aromatic nitrogens is 2. The molecule has 4 nitrogen and oxygen atoms in total. The lowest BCUT2D eigenvalue weighted by atomic mass is 10.1. The molecule has 0 aliphatic heterocycles. The Kier molecular flexibility index (Phi) is 6.58. The molecule has 1 heterocycles. The van der Waals surface area contributed by atoms with Crippen molar-refractivity contribution in [1.82, 2.24) is 14.9 Å². The predicted octanol–water partition coefficient (Wildman–Crippen LogP) is 4.58. The summed E-state index contributed by atoms with van der Waals surface area (Å²) in [4.78, 5) is 10.00. The highest BCUT2D eigenvalue weighted by Gasteiger charge is 2.35. The number of ether oxygens (including phenoxy) is 1. The van der Waals surface area contributed by atoms with Crippen molar-refractivity contribution in [2.75, 3.05) is 20.7 Å². The van der Waals surface area contributed by atoms with E-state index in [0.717, 1.165) is 18.9 Å². The highest BCUT2D eigenvalue weighted by atomic mass is 19.4. The first kappa shape index (κ1) is 20.2. The largest absolute Gasteiger partial charge is 0.491 e. The molecule has 0 spiro atoms. The fourth-order valence-corrected chi connectivity index (χ4v) is 2.66. The van der Waals surface area contributed by atoms with E-state index in [4.69, 9.17) is 4.74 Å². The van der Waals surface area contributed by atoms with Gasteiger partial charge in [0.25, 0.3) is 0 Å². The monoisotopic (exact) mass is 367 g/mol. The minimum absolute atomic E-state index is 0.0604. The second-order valence-electron chi connectivity index (χ2n) is 6.47. The zero-order chi connectivity index (χ0) is 19.3. The number of benzene rings is 1. The minimum Gasteiger partial charge on any atom is -0.491 e. The fraction of sp³-hybridized carbons (Fsp3) is 0.474. The van der Waals surface area contributed by atoms with Crippen LogP contribution in [-0.2, 0) is 6.18 Å². The molecule has 142 valence electrons. The van der Waals surface area contributed by atoms with Crippen molar-refractivity contribution in [3.63, 3.8) is 0 Å². The van der Waals surface area contributed by atoms with Gasteiger partial charge in [0, 0.05) is 17.3 Å². The molecule has 1 unspecified atom stereocenters. The third-order valence-electron chi connectivity index (χ3n) is 4.17. The van der Waals surface area contributed by atoms with E-state index < -0.39 is 11.7 Å². The Morgan fingerprint density at radius 3 is 2.46 bits per heavy atom. The highest BCUT2D eigenvalue weighted by molar-refractivity contribution is 5.62. The van der Waals surface area contributed by atoms with Crippen molar-refractivity contribution in [2.45, 2.75) is 38.9 Å². The van der Waals surface area contributed by atoms with Crippen LogP contribution in [0.25, 0.3) is 11.3 Å². The molecule has 0 N–H and O–H groups in total. The summed E-state index contributed by atoms with van der Waals surface area (Å²) in [6.45, 7) is 4.01. The molecule has 7 heteroatoms. The van der Waals surface area contributed by atoms with Crippen LogP contribution in [0.4, 0.5) is 13.2 Å². The average Bonchev–Trinajstić information content (AvgIpc) is 2.57. The van der Waals surface area contributed by atoms with Crippen LogP contribution < -0.4 is 4.74 Å². The first-order chi connectivity index (χ1) is 12.2. The van der Waals surface area contributed by atoms with Gasteiger partial charge in [-0.05, 0) is 51.7 Å². The standard InChI is InChI=1S/C19H24F3N3O/c1-5-6-15(25(3)4)11-26-18-8-7-14(10-16(18)19(20,21)22)17-9-13(2)23-12-24-17/h7-10,12,15H,5-6,11H2,1-4H3. The fourth-order valence-electron chi connectivity index (χ4n) is 2.66. The van der Waals surface area contributed by atoms with Crippen molar-refractivity contribution in [2.24, 2.45) is 0 Å². The minimum atomic E-state index is -4.51. The number of nitrogens with zero attached hydrogens (tertiary/aromatic N) is 3. The van der Waals surface area contributed by atoms with Crippen LogP contribution in [-0.4, -0.2) is 41.6 Å². The van der Waals surface area contributed by atoms with E-state index >= 15 is 0 Å². The number of alkyl halides is 3. The van der Waals surface area contributed by atoms with Gasteiger partial charge in [-0.25, -0.2) is 9.97 Å². The Hall–Kier alpha value is -2.15. The summed E-state index contributed by atoms with van der Waals surface area (Å²) in [6, 6.07) is 5.76. The maximum atomic E-state index is 13.5. The molecular formula is C19H24F3N3O. The molecule has 1 aromatic carbocycles. The molecule has 26 heavy (non-hydrogen) atoms. The van der Waals surface area contributed by atoms with Crippen LogP contribution in [0, 0.1) is 6.92 Å². The van der Waals surface area contributed by atoms with Gasteiger partial charge in [-0.1, -0.05) is 13.3 Å². The smallest absolute Gasteiger partial charge is 0.419 e. The Morgan fingerprint density at radius 2 is 1.88 bits per heavy atom. The summed E-state index contributed by atoms with van der Waals surface area (Å²) >= 11 is 0. The molecule has 0 radical (unpaired) electrons. The van der Waals surface area contributed by atoms with E-state index in [1.54, 1.807) is 19.1 Å². The maximum Gasteiger partial charge on any atom is 0.419 e. The maximum absolute atomic E-state index is 13.5. The van der Waals surface area contributed by atoms with Gasteiger partial charge < -0.3 is 9.64 Å². The van der Waals surface area contributed by atoms with Crippen LogP contribution >= 0.6 is 0 Å². The van der Waals surface area contributed by atoms with Gasteiger partial charge in [-0.2, -0.15) is 13.2 Å². The average molecular weight is 367 g/mol. The Balaban J connectivity index is 2.32. The molecule has 0 amide bonds. The van der Waals surface area contributed by atoms with E-state index in [9.17, 15) is 13.2 Å². The first-order valence-electron chi connectivity index (χ1n) is 8.51. The topological polar surface area (TPSA) is 38.3 Å². The number of halogens is 3. The summed E-state index contributed by atoms with van der Waals surface area (Å²) in [7, 11) is 3.80. The van der Waals surface area contributed by atoms with Gasteiger partial charge in [0.15, 0.2) is 0 Å². The normalized spacial score (nSPS) is 13.1. The van der Waals surface area contributed by atoms with Crippen LogP contribution in [0.15, 0.2) is 30.6 Å². The zero-order valence-electron chi connectivity index (χ0n) is 15.5. The lowest BCUT2D eigenvalue weighted by Gasteiger charge is -2.25. The summed E-state index contributed by atoms with van der Waals surface area (Å²) in [5.74, 6) is -0.157. The number of aryl methyl sites for hydroxylation is 1. The predicted molar refractivity (Wildman–Crippen MR) is 95.1 cm³/mol. The number of hydrogen-bond donors (Lipinski definition) is 0. The van der Waals surface area contributed by atoms with Crippen LogP contribution in [0.5, 0.6) is 5.75 Å². The summed E-state index contributed by atoms with van der Waals surface area (Å²) in [5.41, 5.74) is 0.733. The van der Waals surface area contributed by atoms with Crippen LogP contribution in [0.3, 0.4) is 0 Å². The third-order valence-corrected chi connectivity index (χ3v) is 4.17. The molecule has 2 aromatic rings. The van der Waals surface area contributed by atoms with E-state index in [-0.39, 0.29) is 18.4 Å². The van der Waals surface area contributed by atoms with Crippen LogP contribution in [0.2, 0.25) is 0 Å². The number of likely N-dealkylation sites (N-methyl/N-ethyl adjacent to an activating group) is 1. The number of hydrogen-bond acceptors (Lipinski definition) is 4. The van der Waals surface area contributed by atoms with E-state index in [0.29, 0.717) is 17.0 Å². The third kappa shape index (κ3) is 5.17. The van der Waals surface area contributed by atoms with E-state index in [1.165, 1.54) is 12.4 Å². The molecule has 0 saturated heterocycles.